The predicted octanol–water partition coefficient (Wildman–Crippen LogP) is 2.62. The van der Waals surface area contributed by atoms with Crippen molar-refractivity contribution in [3.63, 3.8) is 0 Å². The third kappa shape index (κ3) is 15.8. The quantitative estimate of drug-likeness (QED) is 0.0648. The van der Waals surface area contributed by atoms with Crippen LogP contribution in [0.15, 0.2) is 47.5 Å². The number of aliphatic carboxylic acids is 1. The largest absolute Gasteiger partial charge is 0.504 e. The number of phenols is 4. The minimum atomic E-state index is -5.08. The van der Waals surface area contributed by atoms with E-state index in [1.165, 1.54) is 53.5 Å². The van der Waals surface area contributed by atoms with Crippen LogP contribution in [0.5, 0.6) is 23.0 Å². The van der Waals surface area contributed by atoms with Gasteiger partial charge in [-0.05, 0) is 106 Å². The highest BCUT2D eigenvalue weighted by atomic mass is 19.4. The fraction of sp³-hybridized carbons (Fsp3) is 0.429. The number of benzene rings is 2. The number of carboxylic acids is 1. The van der Waals surface area contributed by atoms with E-state index in [0.717, 1.165) is 51.9 Å². The molecular formula is C35H46F3N5O9. The number of aromatic hydroxyl groups is 4. The summed E-state index contributed by atoms with van der Waals surface area (Å²) in [5, 5.41) is 55.7. The van der Waals surface area contributed by atoms with Gasteiger partial charge < -0.3 is 52.1 Å². The van der Waals surface area contributed by atoms with Crippen molar-refractivity contribution in [2.24, 2.45) is 5.73 Å². The third-order valence-corrected chi connectivity index (χ3v) is 7.51. The molecule has 0 aromatic heterocycles. The molecule has 1 heterocycles. The molecular weight excluding hydrogens is 691 g/mol. The Hall–Kier alpha value is -5.13. The lowest BCUT2D eigenvalue weighted by Gasteiger charge is -2.30. The maximum atomic E-state index is 13.4. The fourth-order valence-corrected chi connectivity index (χ4v) is 4.76. The highest BCUT2D eigenvalue weighted by Gasteiger charge is 2.38. The molecule has 1 saturated heterocycles. The number of hydrogen-bond donors (Lipinski definition) is 9. The number of nitrogens with one attached hydrogen (secondary N) is 3. The number of carboxylic acid groups (broad SMARTS) is 1. The Kier molecular flexibility index (Phi) is 18.2. The number of amides is 2. The molecule has 0 atom stereocenters. The van der Waals surface area contributed by atoms with Crippen LogP contribution in [0, 0.1) is 0 Å². The summed E-state index contributed by atoms with van der Waals surface area (Å²) >= 11 is 0. The second-order valence-electron chi connectivity index (χ2n) is 11.8. The summed E-state index contributed by atoms with van der Waals surface area (Å²) in [6.45, 7) is 4.80. The lowest BCUT2D eigenvalue weighted by Crippen LogP contribution is -2.42. The number of likely N-dealkylation sites (tertiary alicyclic amines) is 1. The number of rotatable bonds is 17. The van der Waals surface area contributed by atoms with E-state index >= 15 is 0 Å². The van der Waals surface area contributed by atoms with Crippen molar-refractivity contribution >= 4 is 35.7 Å². The zero-order valence-corrected chi connectivity index (χ0v) is 28.5. The summed E-state index contributed by atoms with van der Waals surface area (Å²) < 4.78 is 31.7. The van der Waals surface area contributed by atoms with Crippen LogP contribution in [0.4, 0.5) is 13.2 Å². The Balaban J connectivity index is 0.00000121. The Labute approximate surface area is 298 Å². The van der Waals surface area contributed by atoms with Crippen molar-refractivity contribution in [2.75, 3.05) is 52.4 Å². The van der Waals surface area contributed by atoms with Crippen LogP contribution < -0.4 is 21.7 Å². The molecule has 0 radical (unpaired) electrons. The third-order valence-electron chi connectivity index (χ3n) is 7.51. The first kappa shape index (κ1) is 43.0. The van der Waals surface area contributed by atoms with Gasteiger partial charge in [0.2, 0.25) is 11.8 Å². The highest BCUT2D eigenvalue weighted by Crippen LogP contribution is 2.30. The van der Waals surface area contributed by atoms with Crippen LogP contribution in [0.25, 0.3) is 12.2 Å². The number of carbonyl (C=O) groups excluding carboxylic acids is 3. The van der Waals surface area contributed by atoms with Gasteiger partial charge in [0.05, 0.1) is 0 Å². The van der Waals surface area contributed by atoms with Gasteiger partial charge in [-0.15, -0.1) is 0 Å². The monoisotopic (exact) mass is 737 g/mol. The minimum Gasteiger partial charge on any atom is -0.504 e. The number of carbonyl (C=O) groups is 4. The first-order valence-corrected chi connectivity index (χ1v) is 16.6. The molecule has 2 aromatic rings. The lowest BCUT2D eigenvalue weighted by atomic mass is 9.93. The average molecular weight is 738 g/mol. The summed E-state index contributed by atoms with van der Waals surface area (Å²) in [4.78, 5) is 49.4. The predicted molar refractivity (Wildman–Crippen MR) is 186 cm³/mol. The first-order chi connectivity index (χ1) is 24.6. The van der Waals surface area contributed by atoms with Gasteiger partial charge in [0, 0.05) is 43.6 Å². The Morgan fingerprint density at radius 2 is 1.19 bits per heavy atom. The Bertz CT molecular complexity index is 1510. The van der Waals surface area contributed by atoms with Crippen LogP contribution in [-0.4, -0.2) is 113 Å². The van der Waals surface area contributed by atoms with Gasteiger partial charge in [0.1, 0.15) is 0 Å². The Morgan fingerprint density at radius 1 is 0.731 bits per heavy atom. The van der Waals surface area contributed by atoms with E-state index in [-0.39, 0.29) is 77.7 Å². The molecule has 286 valence electrons. The number of nitrogens with zero attached hydrogens (tertiary/aromatic N) is 1. The van der Waals surface area contributed by atoms with Crippen molar-refractivity contribution in [1.82, 2.24) is 20.9 Å². The lowest BCUT2D eigenvalue weighted by molar-refractivity contribution is -0.192. The molecule has 0 bridgehead atoms. The van der Waals surface area contributed by atoms with E-state index in [0.29, 0.717) is 24.2 Å². The summed E-state index contributed by atoms with van der Waals surface area (Å²) in [5.74, 6) is -4.92. The zero-order chi connectivity index (χ0) is 38.7. The smallest absolute Gasteiger partial charge is 0.490 e. The molecule has 0 unspecified atom stereocenters. The van der Waals surface area contributed by atoms with Crippen molar-refractivity contribution in [2.45, 2.75) is 44.7 Å². The van der Waals surface area contributed by atoms with E-state index < -0.39 is 12.1 Å². The molecule has 3 rings (SSSR count). The van der Waals surface area contributed by atoms with Crippen molar-refractivity contribution in [3.8, 4) is 23.0 Å². The first-order valence-electron chi connectivity index (χ1n) is 16.6. The molecule has 0 saturated carbocycles. The van der Waals surface area contributed by atoms with Crippen molar-refractivity contribution in [3.05, 3.63) is 58.7 Å². The molecule has 1 aliphatic heterocycles. The topological polar surface area (TPSA) is 235 Å². The maximum absolute atomic E-state index is 13.4. The molecule has 52 heavy (non-hydrogen) atoms. The molecule has 1 fully saturated rings. The minimum absolute atomic E-state index is 0.00360. The summed E-state index contributed by atoms with van der Waals surface area (Å²) in [6, 6.07) is 8.27. The number of unbranched alkanes of at least 4 members (excludes halogenated alkanes) is 1. The summed E-state index contributed by atoms with van der Waals surface area (Å²) in [6.07, 6.45) is 1.84. The molecule has 14 nitrogen and oxygen atoms in total. The van der Waals surface area contributed by atoms with Gasteiger partial charge in [-0.3, -0.25) is 14.4 Å². The summed E-state index contributed by atoms with van der Waals surface area (Å²) in [7, 11) is 0. The van der Waals surface area contributed by atoms with Gasteiger partial charge >= 0.3 is 12.1 Å². The highest BCUT2D eigenvalue weighted by molar-refractivity contribution is 6.15. The number of halogens is 3. The van der Waals surface area contributed by atoms with Crippen LogP contribution in [0.3, 0.4) is 0 Å². The number of phenolic OH excluding ortho intramolecular Hbond substituents is 4. The average Bonchev–Trinajstić information content (AvgIpc) is 3.09. The standard InChI is InChI=1S/C33H45N5O7.C2HF3O2/c34-11-3-14-35-12-1-2-13-36-15-4-16-37-31(43)9-10-32(44)38-21-25(17-23-5-7-27(39)29(41)19-23)33(45)26(22-38)18-24-6-8-28(40)30(42)20-24;3-2(4,5)1(6)7/h5-8,17-20,35-36,39-42H,1-4,9-16,21-22,34H2,(H,37,43);(H,6,7)/b25-17-,26-18+;. The number of piperidine rings is 1. The SMILES string of the molecule is NCCCNCCCCNCCCNC(=O)CCC(=O)N1C/C(=C/c2ccc(O)c(O)c2)C(=O)/C(=C/c2ccc(O)c(O)c2)C1.O=C(O)C(F)(F)F. The van der Waals surface area contributed by atoms with Crippen LogP contribution in [-0.2, 0) is 19.2 Å². The second-order valence-corrected chi connectivity index (χ2v) is 11.8. The molecule has 2 aromatic carbocycles. The number of alkyl halides is 3. The molecule has 0 spiro atoms. The zero-order valence-electron chi connectivity index (χ0n) is 28.5. The number of ketones is 1. The van der Waals surface area contributed by atoms with Crippen molar-refractivity contribution in [1.29, 1.82) is 0 Å². The molecule has 17 heteroatoms. The van der Waals surface area contributed by atoms with E-state index in [1.54, 1.807) is 0 Å². The van der Waals surface area contributed by atoms with Gasteiger partial charge in [-0.2, -0.15) is 13.2 Å². The van der Waals surface area contributed by atoms with Crippen LogP contribution in [0.2, 0.25) is 0 Å². The van der Waals surface area contributed by atoms with Crippen molar-refractivity contribution < 1.29 is 57.9 Å². The van der Waals surface area contributed by atoms with E-state index in [1.807, 2.05) is 0 Å². The number of hydrogen-bond acceptors (Lipinski definition) is 11. The van der Waals surface area contributed by atoms with E-state index in [4.69, 9.17) is 15.6 Å². The van der Waals surface area contributed by atoms with Gasteiger partial charge in [-0.1, -0.05) is 12.1 Å². The van der Waals surface area contributed by atoms with Gasteiger partial charge in [0.15, 0.2) is 28.8 Å². The fourth-order valence-electron chi connectivity index (χ4n) is 4.76. The molecule has 0 aliphatic carbocycles. The van der Waals surface area contributed by atoms with Crippen LogP contribution >= 0.6 is 0 Å². The Morgan fingerprint density at radius 3 is 1.63 bits per heavy atom. The van der Waals surface area contributed by atoms with Crippen LogP contribution in [0.1, 0.15) is 49.7 Å². The molecule has 10 N–H and O–H groups in total. The second kappa shape index (κ2) is 21.9. The van der Waals surface area contributed by atoms with E-state index in [9.17, 15) is 48.0 Å². The summed E-state index contributed by atoms with van der Waals surface area (Å²) in [5.41, 5.74) is 6.92. The van der Waals surface area contributed by atoms with E-state index in [2.05, 4.69) is 16.0 Å². The van der Waals surface area contributed by atoms with Gasteiger partial charge in [-0.25, -0.2) is 4.79 Å². The molecule has 1 aliphatic rings. The van der Waals surface area contributed by atoms with Gasteiger partial charge in [0.25, 0.3) is 0 Å². The number of nitrogens with two attached hydrogens (primary N) is 1. The maximum Gasteiger partial charge on any atom is 0.490 e. The normalized spacial score (nSPS) is 14.6. The molecule has 2 amide bonds. The number of Topliss-reactive ketones (excluding diaryl/α,β-unsaturated/α-hetero) is 1.